The summed E-state index contributed by atoms with van der Waals surface area (Å²) < 4.78 is 0. The fraction of sp³-hybridized carbons (Fsp3) is 0.429. The molecule has 0 unspecified atom stereocenters. The third kappa shape index (κ3) is 3.07. The maximum atomic E-state index is 12.1. The fourth-order valence-electron chi connectivity index (χ4n) is 2.34. The van der Waals surface area contributed by atoms with E-state index < -0.39 is 0 Å². The molecule has 0 aliphatic carbocycles. The van der Waals surface area contributed by atoms with E-state index in [-0.39, 0.29) is 5.91 Å². The summed E-state index contributed by atoms with van der Waals surface area (Å²) in [5, 5.41) is 0. The first-order chi connectivity index (χ1) is 8.68. The Kier molecular flexibility index (Phi) is 4.31. The smallest absolute Gasteiger partial charge is 0.226 e. The van der Waals surface area contributed by atoms with E-state index in [1.54, 1.807) is 0 Å². The van der Waals surface area contributed by atoms with Gasteiger partial charge in [0.25, 0.3) is 0 Å². The largest absolute Gasteiger partial charge is 0.393 e. The summed E-state index contributed by atoms with van der Waals surface area (Å²) in [6.45, 7) is 0.702. The van der Waals surface area contributed by atoms with Gasteiger partial charge in [-0.25, -0.2) is 0 Å². The van der Waals surface area contributed by atoms with Gasteiger partial charge < -0.3 is 10.6 Å². The standard InChI is InChI=1S/C14H18N2OS/c15-13(18)8-4-10-16-12-7-2-1-5-11(12)6-3-9-14(16)17/h1-2,5,7H,3-4,6,8-10H2,(H2,15,18). The zero-order chi connectivity index (χ0) is 13.0. The molecule has 18 heavy (non-hydrogen) atoms. The van der Waals surface area contributed by atoms with Crippen LogP contribution in [0.5, 0.6) is 0 Å². The lowest BCUT2D eigenvalue weighted by atomic mass is 10.1. The summed E-state index contributed by atoms with van der Waals surface area (Å²) in [4.78, 5) is 14.5. The minimum Gasteiger partial charge on any atom is -0.393 e. The van der Waals surface area contributed by atoms with Crippen LogP contribution >= 0.6 is 12.2 Å². The Morgan fingerprint density at radius 1 is 1.33 bits per heavy atom. The van der Waals surface area contributed by atoms with E-state index in [0.29, 0.717) is 24.4 Å². The number of para-hydroxylation sites is 1. The number of anilines is 1. The van der Waals surface area contributed by atoms with E-state index in [2.05, 4.69) is 6.07 Å². The zero-order valence-corrected chi connectivity index (χ0v) is 11.2. The van der Waals surface area contributed by atoms with E-state index in [9.17, 15) is 4.79 Å². The van der Waals surface area contributed by atoms with E-state index in [1.807, 2.05) is 23.1 Å². The molecule has 2 N–H and O–H groups in total. The van der Waals surface area contributed by atoms with Crippen molar-refractivity contribution < 1.29 is 4.79 Å². The van der Waals surface area contributed by atoms with Crippen molar-refractivity contribution in [1.82, 2.24) is 0 Å². The summed E-state index contributed by atoms with van der Waals surface area (Å²) in [5.41, 5.74) is 7.82. The molecule has 0 aromatic heterocycles. The Hall–Kier alpha value is -1.42. The van der Waals surface area contributed by atoms with Crippen LogP contribution in [0.3, 0.4) is 0 Å². The lowest BCUT2D eigenvalue weighted by molar-refractivity contribution is -0.118. The molecule has 0 spiro atoms. The van der Waals surface area contributed by atoms with Crippen molar-refractivity contribution in [2.24, 2.45) is 5.73 Å². The highest BCUT2D eigenvalue weighted by atomic mass is 32.1. The molecule has 1 aliphatic heterocycles. The number of benzene rings is 1. The van der Waals surface area contributed by atoms with Crippen molar-refractivity contribution in [3.63, 3.8) is 0 Å². The monoisotopic (exact) mass is 262 g/mol. The Bertz CT molecular complexity index is 459. The molecule has 1 aromatic carbocycles. The third-order valence-electron chi connectivity index (χ3n) is 3.23. The first-order valence-electron chi connectivity index (χ1n) is 6.35. The number of aryl methyl sites for hydroxylation is 1. The highest BCUT2D eigenvalue weighted by molar-refractivity contribution is 7.80. The average molecular weight is 262 g/mol. The number of hydrogen-bond acceptors (Lipinski definition) is 2. The van der Waals surface area contributed by atoms with E-state index in [1.165, 1.54) is 5.56 Å². The van der Waals surface area contributed by atoms with Gasteiger partial charge in [-0.1, -0.05) is 30.4 Å². The Morgan fingerprint density at radius 3 is 2.89 bits per heavy atom. The second kappa shape index (κ2) is 5.96. The van der Waals surface area contributed by atoms with Crippen LogP contribution in [-0.2, 0) is 11.2 Å². The number of carbonyl (C=O) groups is 1. The Labute approximate surface area is 113 Å². The van der Waals surface area contributed by atoms with Gasteiger partial charge in [0.05, 0.1) is 4.99 Å². The molecule has 1 aliphatic rings. The molecule has 1 aromatic rings. The third-order valence-corrected chi connectivity index (χ3v) is 3.43. The summed E-state index contributed by atoms with van der Waals surface area (Å²) in [7, 11) is 0. The number of fused-ring (bicyclic) bond motifs is 1. The lowest BCUT2D eigenvalue weighted by Gasteiger charge is -2.22. The molecule has 0 atom stereocenters. The molecular formula is C14H18N2OS. The molecular weight excluding hydrogens is 244 g/mol. The fourth-order valence-corrected chi connectivity index (χ4v) is 2.49. The molecule has 0 bridgehead atoms. The predicted molar refractivity (Wildman–Crippen MR) is 77.8 cm³/mol. The lowest BCUT2D eigenvalue weighted by Crippen LogP contribution is -2.31. The average Bonchev–Trinajstić information content (AvgIpc) is 2.49. The van der Waals surface area contributed by atoms with Crippen LogP contribution in [0.1, 0.15) is 31.2 Å². The van der Waals surface area contributed by atoms with Gasteiger partial charge in [0, 0.05) is 18.7 Å². The molecule has 0 saturated heterocycles. The molecule has 0 fully saturated rings. The highest BCUT2D eigenvalue weighted by Gasteiger charge is 2.21. The summed E-state index contributed by atoms with van der Waals surface area (Å²) in [6.07, 6.45) is 4.06. The highest BCUT2D eigenvalue weighted by Crippen LogP contribution is 2.26. The SMILES string of the molecule is NC(=S)CCCN1C(=O)CCCc2ccccc21. The van der Waals surface area contributed by atoms with E-state index in [4.69, 9.17) is 18.0 Å². The summed E-state index contributed by atoms with van der Waals surface area (Å²) in [5.74, 6) is 0.211. The molecule has 0 radical (unpaired) electrons. The molecule has 3 nitrogen and oxygen atoms in total. The number of rotatable bonds is 4. The maximum absolute atomic E-state index is 12.1. The normalized spacial score (nSPS) is 15.1. The molecule has 4 heteroatoms. The van der Waals surface area contributed by atoms with Crippen LogP contribution < -0.4 is 10.6 Å². The Balaban J connectivity index is 2.15. The molecule has 96 valence electrons. The van der Waals surface area contributed by atoms with Crippen molar-refractivity contribution in [1.29, 1.82) is 0 Å². The van der Waals surface area contributed by atoms with Crippen LogP contribution in [0.2, 0.25) is 0 Å². The van der Waals surface area contributed by atoms with Crippen molar-refractivity contribution in [3.05, 3.63) is 29.8 Å². The number of nitrogens with zero attached hydrogens (tertiary/aromatic N) is 1. The molecule has 1 heterocycles. The summed E-state index contributed by atoms with van der Waals surface area (Å²) in [6, 6.07) is 8.15. The number of amides is 1. The van der Waals surface area contributed by atoms with Gasteiger partial charge in [-0.2, -0.15) is 0 Å². The molecule has 0 saturated carbocycles. The number of carbonyl (C=O) groups excluding carboxylic acids is 1. The number of hydrogen-bond donors (Lipinski definition) is 1. The van der Waals surface area contributed by atoms with Crippen molar-refractivity contribution in [2.75, 3.05) is 11.4 Å². The first-order valence-corrected chi connectivity index (χ1v) is 6.76. The Morgan fingerprint density at radius 2 is 2.11 bits per heavy atom. The number of nitrogens with two attached hydrogens (primary N) is 1. The predicted octanol–water partition coefficient (Wildman–Crippen LogP) is 2.42. The minimum absolute atomic E-state index is 0.211. The van der Waals surface area contributed by atoms with Gasteiger partial charge in [0.2, 0.25) is 5.91 Å². The van der Waals surface area contributed by atoms with E-state index in [0.717, 1.165) is 24.9 Å². The van der Waals surface area contributed by atoms with E-state index >= 15 is 0 Å². The van der Waals surface area contributed by atoms with Crippen LogP contribution in [0.15, 0.2) is 24.3 Å². The van der Waals surface area contributed by atoms with Crippen LogP contribution in [0.4, 0.5) is 5.69 Å². The van der Waals surface area contributed by atoms with Crippen LogP contribution in [0, 0.1) is 0 Å². The van der Waals surface area contributed by atoms with Crippen molar-refractivity contribution >= 4 is 28.8 Å². The second-order valence-electron chi connectivity index (χ2n) is 4.60. The van der Waals surface area contributed by atoms with Gasteiger partial charge in [0.15, 0.2) is 0 Å². The molecule has 1 amide bonds. The quantitative estimate of drug-likeness (QED) is 0.848. The molecule has 2 rings (SSSR count). The van der Waals surface area contributed by atoms with Gasteiger partial charge in [-0.05, 0) is 37.3 Å². The van der Waals surface area contributed by atoms with Crippen molar-refractivity contribution in [3.8, 4) is 0 Å². The minimum atomic E-state index is 0.211. The van der Waals surface area contributed by atoms with Gasteiger partial charge >= 0.3 is 0 Å². The van der Waals surface area contributed by atoms with Gasteiger partial charge in [-0.15, -0.1) is 0 Å². The van der Waals surface area contributed by atoms with Gasteiger partial charge in [-0.3, -0.25) is 4.79 Å². The zero-order valence-electron chi connectivity index (χ0n) is 10.4. The topological polar surface area (TPSA) is 46.3 Å². The van der Waals surface area contributed by atoms with Crippen LogP contribution in [-0.4, -0.2) is 17.4 Å². The van der Waals surface area contributed by atoms with Crippen molar-refractivity contribution in [2.45, 2.75) is 32.1 Å². The second-order valence-corrected chi connectivity index (χ2v) is 5.12. The van der Waals surface area contributed by atoms with Gasteiger partial charge in [0.1, 0.15) is 0 Å². The number of thiocarbonyl (C=S) groups is 1. The van der Waals surface area contributed by atoms with Crippen LogP contribution in [0.25, 0.3) is 0 Å². The summed E-state index contributed by atoms with van der Waals surface area (Å²) >= 11 is 4.87. The first kappa shape index (κ1) is 13.0. The maximum Gasteiger partial charge on any atom is 0.226 e.